The standard InChI is InChI=1S/C24H32N4O3.HI/c1-4-25-24(26-11-7-12-28-13-10-18-8-5-6-9-22(18)28)27-17-23(29)19-14-20(30-2)16-21(15-19)31-3;/h5-6,8-10,13-16,23,29H,4,7,11-12,17H2,1-3H3,(H2,25,26,27);1H. The Morgan fingerprint density at radius 2 is 1.78 bits per heavy atom. The van der Waals surface area contributed by atoms with Crippen molar-refractivity contribution in [2.45, 2.75) is 26.0 Å². The van der Waals surface area contributed by atoms with Crippen molar-refractivity contribution in [3.8, 4) is 11.5 Å². The molecule has 2 aromatic carbocycles. The Hall–Kier alpha value is -2.46. The zero-order valence-corrected chi connectivity index (χ0v) is 21.2. The van der Waals surface area contributed by atoms with Gasteiger partial charge in [0.05, 0.1) is 26.9 Å². The highest BCUT2D eigenvalue weighted by atomic mass is 127. The fourth-order valence-electron chi connectivity index (χ4n) is 3.44. The van der Waals surface area contributed by atoms with Crippen molar-refractivity contribution >= 4 is 40.8 Å². The van der Waals surface area contributed by atoms with Crippen LogP contribution >= 0.6 is 24.0 Å². The number of fused-ring (bicyclic) bond motifs is 1. The van der Waals surface area contributed by atoms with Gasteiger partial charge < -0.3 is 29.8 Å². The van der Waals surface area contributed by atoms with Crippen LogP contribution in [-0.2, 0) is 6.54 Å². The number of nitrogens with one attached hydrogen (secondary N) is 2. The number of aryl methyl sites for hydroxylation is 1. The summed E-state index contributed by atoms with van der Waals surface area (Å²) in [6.45, 7) is 4.70. The van der Waals surface area contributed by atoms with Crippen LogP contribution in [0.2, 0.25) is 0 Å². The minimum Gasteiger partial charge on any atom is -0.497 e. The normalized spacial score (nSPS) is 12.2. The first kappa shape index (κ1) is 25.8. The monoisotopic (exact) mass is 552 g/mol. The van der Waals surface area contributed by atoms with E-state index in [1.165, 1.54) is 10.9 Å². The van der Waals surface area contributed by atoms with E-state index in [-0.39, 0.29) is 30.5 Å². The lowest BCUT2D eigenvalue weighted by atomic mass is 10.1. The van der Waals surface area contributed by atoms with Crippen molar-refractivity contribution in [3.05, 3.63) is 60.3 Å². The Morgan fingerprint density at radius 3 is 2.47 bits per heavy atom. The molecule has 0 aliphatic heterocycles. The van der Waals surface area contributed by atoms with Gasteiger partial charge in [-0.25, -0.2) is 0 Å². The Kier molecular flexibility index (Phi) is 10.6. The van der Waals surface area contributed by atoms with Gasteiger partial charge in [0.2, 0.25) is 0 Å². The highest BCUT2D eigenvalue weighted by Crippen LogP contribution is 2.26. The van der Waals surface area contributed by atoms with Crippen molar-refractivity contribution < 1.29 is 14.6 Å². The first-order valence-electron chi connectivity index (χ1n) is 10.6. The number of para-hydroxylation sites is 1. The van der Waals surface area contributed by atoms with Gasteiger partial charge in [0.1, 0.15) is 11.5 Å². The summed E-state index contributed by atoms with van der Waals surface area (Å²) in [5.41, 5.74) is 1.95. The summed E-state index contributed by atoms with van der Waals surface area (Å²) < 4.78 is 12.8. The second kappa shape index (κ2) is 13.2. The molecule has 0 aliphatic rings. The van der Waals surface area contributed by atoms with Crippen LogP contribution in [-0.4, -0.2) is 49.5 Å². The Morgan fingerprint density at radius 1 is 1.06 bits per heavy atom. The van der Waals surface area contributed by atoms with Gasteiger partial charge in [-0.05, 0) is 48.6 Å². The van der Waals surface area contributed by atoms with Gasteiger partial charge in [0, 0.05) is 37.4 Å². The zero-order valence-electron chi connectivity index (χ0n) is 18.9. The zero-order chi connectivity index (χ0) is 22.1. The summed E-state index contributed by atoms with van der Waals surface area (Å²) in [4.78, 5) is 4.54. The van der Waals surface area contributed by atoms with E-state index in [0.717, 1.165) is 26.1 Å². The fraction of sp³-hybridized carbons (Fsp3) is 0.375. The number of rotatable bonds is 10. The summed E-state index contributed by atoms with van der Waals surface area (Å²) in [5.74, 6) is 1.97. The lowest BCUT2D eigenvalue weighted by molar-refractivity contribution is 0.186. The van der Waals surface area contributed by atoms with E-state index in [0.29, 0.717) is 23.0 Å². The summed E-state index contributed by atoms with van der Waals surface area (Å²) in [7, 11) is 3.18. The molecule has 1 atom stereocenters. The molecule has 174 valence electrons. The first-order valence-corrected chi connectivity index (χ1v) is 10.6. The number of hydrogen-bond acceptors (Lipinski definition) is 4. The number of aliphatic hydroxyl groups is 1. The first-order chi connectivity index (χ1) is 15.1. The van der Waals surface area contributed by atoms with Crippen molar-refractivity contribution in [1.29, 1.82) is 0 Å². The highest BCUT2D eigenvalue weighted by Gasteiger charge is 2.11. The average molecular weight is 552 g/mol. The van der Waals surface area contributed by atoms with E-state index in [4.69, 9.17) is 9.47 Å². The lowest BCUT2D eigenvalue weighted by Gasteiger charge is -2.15. The minimum absolute atomic E-state index is 0. The molecule has 8 heteroatoms. The van der Waals surface area contributed by atoms with Gasteiger partial charge in [-0.15, -0.1) is 24.0 Å². The molecule has 3 N–H and O–H groups in total. The van der Waals surface area contributed by atoms with Crippen LogP contribution in [0.15, 0.2) is 59.7 Å². The molecule has 0 saturated heterocycles. The van der Waals surface area contributed by atoms with Crippen molar-refractivity contribution in [2.24, 2.45) is 4.99 Å². The number of benzene rings is 2. The summed E-state index contributed by atoms with van der Waals surface area (Å²) in [6, 6.07) is 15.9. The SMILES string of the molecule is CCNC(=NCC(O)c1cc(OC)cc(OC)c1)NCCCn1ccc2ccccc21.I. The van der Waals surface area contributed by atoms with Gasteiger partial charge in [-0.1, -0.05) is 18.2 Å². The molecular formula is C24H33IN4O3. The number of methoxy groups -OCH3 is 2. The number of aromatic nitrogens is 1. The molecule has 1 aromatic heterocycles. The maximum absolute atomic E-state index is 10.6. The van der Waals surface area contributed by atoms with Crippen molar-refractivity contribution in [2.75, 3.05) is 33.9 Å². The summed E-state index contributed by atoms with van der Waals surface area (Å²) in [6.07, 6.45) is 2.33. The molecular weight excluding hydrogens is 519 g/mol. The smallest absolute Gasteiger partial charge is 0.191 e. The van der Waals surface area contributed by atoms with Crippen LogP contribution in [0.25, 0.3) is 10.9 Å². The quantitative estimate of drug-likeness (QED) is 0.154. The van der Waals surface area contributed by atoms with Crippen molar-refractivity contribution in [1.82, 2.24) is 15.2 Å². The molecule has 1 heterocycles. The maximum atomic E-state index is 10.6. The van der Waals surface area contributed by atoms with E-state index >= 15 is 0 Å². The number of nitrogens with zero attached hydrogens (tertiary/aromatic N) is 2. The molecule has 0 bridgehead atoms. The highest BCUT2D eigenvalue weighted by molar-refractivity contribution is 14.0. The minimum atomic E-state index is -0.759. The van der Waals surface area contributed by atoms with Crippen molar-refractivity contribution in [3.63, 3.8) is 0 Å². The van der Waals surface area contributed by atoms with Gasteiger partial charge in [-0.2, -0.15) is 0 Å². The average Bonchev–Trinajstić information content (AvgIpc) is 3.22. The second-order valence-corrected chi connectivity index (χ2v) is 7.23. The summed E-state index contributed by atoms with van der Waals surface area (Å²) >= 11 is 0. The predicted octanol–water partition coefficient (Wildman–Crippen LogP) is 3.96. The number of hydrogen-bond donors (Lipinski definition) is 3. The second-order valence-electron chi connectivity index (χ2n) is 7.23. The number of aliphatic hydroxyl groups excluding tert-OH is 1. The molecule has 7 nitrogen and oxygen atoms in total. The topological polar surface area (TPSA) is 80.0 Å². The Bertz CT molecular complexity index is 984. The fourth-order valence-corrected chi connectivity index (χ4v) is 3.44. The van der Waals surface area contributed by atoms with Gasteiger partial charge in [0.15, 0.2) is 5.96 Å². The molecule has 0 amide bonds. The number of aliphatic imine (C=N–C) groups is 1. The van der Waals surface area contributed by atoms with Crippen LogP contribution in [0, 0.1) is 0 Å². The van der Waals surface area contributed by atoms with Crippen LogP contribution in [0.1, 0.15) is 25.0 Å². The van der Waals surface area contributed by atoms with E-state index in [2.05, 4.69) is 56.7 Å². The molecule has 3 rings (SSSR count). The predicted molar refractivity (Wildman–Crippen MR) is 140 cm³/mol. The molecule has 0 aliphatic carbocycles. The third-order valence-corrected chi connectivity index (χ3v) is 5.07. The van der Waals surface area contributed by atoms with E-state index in [1.807, 2.05) is 6.92 Å². The van der Waals surface area contributed by atoms with Gasteiger partial charge in [0.25, 0.3) is 0 Å². The summed E-state index contributed by atoms with van der Waals surface area (Å²) in [5, 5.41) is 18.4. The van der Waals surface area contributed by atoms with E-state index < -0.39 is 6.10 Å². The number of ether oxygens (including phenoxy) is 2. The molecule has 1 unspecified atom stereocenters. The molecule has 32 heavy (non-hydrogen) atoms. The Balaban J connectivity index is 0.00000363. The van der Waals surface area contributed by atoms with Crippen LogP contribution in [0.4, 0.5) is 0 Å². The van der Waals surface area contributed by atoms with Gasteiger partial charge >= 0.3 is 0 Å². The van der Waals surface area contributed by atoms with Gasteiger partial charge in [-0.3, -0.25) is 4.99 Å². The molecule has 0 fully saturated rings. The third kappa shape index (κ3) is 7.03. The van der Waals surface area contributed by atoms with Crippen LogP contribution in [0.5, 0.6) is 11.5 Å². The molecule has 0 spiro atoms. The molecule has 0 saturated carbocycles. The maximum Gasteiger partial charge on any atom is 0.191 e. The lowest BCUT2D eigenvalue weighted by Crippen LogP contribution is -2.38. The molecule has 0 radical (unpaired) electrons. The largest absolute Gasteiger partial charge is 0.497 e. The third-order valence-electron chi connectivity index (χ3n) is 5.07. The van der Waals surface area contributed by atoms with E-state index in [1.54, 1.807) is 32.4 Å². The number of guanidine groups is 1. The Labute approximate surface area is 206 Å². The molecule has 3 aromatic rings. The van der Waals surface area contributed by atoms with E-state index in [9.17, 15) is 5.11 Å². The number of halogens is 1. The van der Waals surface area contributed by atoms with Crippen LogP contribution in [0.3, 0.4) is 0 Å². The van der Waals surface area contributed by atoms with Crippen LogP contribution < -0.4 is 20.1 Å².